The van der Waals surface area contributed by atoms with Gasteiger partial charge < -0.3 is 14.8 Å². The first-order valence-corrected chi connectivity index (χ1v) is 6.99. The van der Waals surface area contributed by atoms with Crippen molar-refractivity contribution in [2.45, 2.75) is 6.04 Å². The first kappa shape index (κ1) is 13.2. The van der Waals surface area contributed by atoms with Gasteiger partial charge in [0.2, 0.25) is 0 Å². The van der Waals surface area contributed by atoms with Gasteiger partial charge in [0, 0.05) is 4.47 Å². The highest BCUT2D eigenvalue weighted by Gasteiger charge is 2.21. The van der Waals surface area contributed by atoms with E-state index in [4.69, 9.17) is 9.47 Å². The Labute approximate surface area is 124 Å². The van der Waals surface area contributed by atoms with Gasteiger partial charge in [-0.2, -0.15) is 0 Å². The molecule has 3 rings (SSSR count). The Morgan fingerprint density at radius 2 is 2.15 bits per heavy atom. The molecule has 104 valence electrons. The van der Waals surface area contributed by atoms with Crippen LogP contribution in [0.25, 0.3) is 0 Å². The molecule has 0 radical (unpaired) electrons. The highest BCUT2D eigenvalue weighted by atomic mass is 79.9. The van der Waals surface area contributed by atoms with Crippen molar-refractivity contribution in [1.82, 2.24) is 0 Å². The summed E-state index contributed by atoms with van der Waals surface area (Å²) < 4.78 is 25.4. The van der Waals surface area contributed by atoms with Crippen LogP contribution in [0.1, 0.15) is 11.6 Å². The third kappa shape index (κ3) is 2.45. The average Bonchev–Trinajstić information content (AvgIpc) is 2.46. The maximum atomic E-state index is 13.8. The second kappa shape index (κ2) is 5.32. The predicted molar refractivity (Wildman–Crippen MR) is 79.0 cm³/mol. The topological polar surface area (TPSA) is 30.5 Å². The first-order valence-electron chi connectivity index (χ1n) is 6.19. The Morgan fingerprint density at radius 3 is 2.90 bits per heavy atom. The van der Waals surface area contributed by atoms with E-state index in [1.54, 1.807) is 6.07 Å². The van der Waals surface area contributed by atoms with Crippen LogP contribution in [0.2, 0.25) is 0 Å². The highest BCUT2D eigenvalue weighted by Crippen LogP contribution is 2.36. The summed E-state index contributed by atoms with van der Waals surface area (Å²) in [5.41, 5.74) is 1.72. The number of hydrogen-bond donors (Lipinski definition) is 1. The summed E-state index contributed by atoms with van der Waals surface area (Å²) in [6, 6.07) is 10.6. The molecular formula is C15H13BrFNO2. The largest absolute Gasteiger partial charge is 0.494 e. The quantitative estimate of drug-likeness (QED) is 0.893. The summed E-state index contributed by atoms with van der Waals surface area (Å²) >= 11 is 3.42. The number of halogens is 2. The molecule has 1 aliphatic heterocycles. The molecule has 1 aliphatic rings. The van der Waals surface area contributed by atoms with Gasteiger partial charge in [-0.3, -0.25) is 0 Å². The van der Waals surface area contributed by atoms with Crippen LogP contribution in [0.3, 0.4) is 0 Å². The predicted octanol–water partition coefficient (Wildman–Crippen LogP) is 4.14. The van der Waals surface area contributed by atoms with E-state index in [0.717, 1.165) is 21.5 Å². The van der Waals surface area contributed by atoms with Crippen LogP contribution in [0.15, 0.2) is 40.9 Å². The lowest BCUT2D eigenvalue weighted by Crippen LogP contribution is -2.24. The van der Waals surface area contributed by atoms with Gasteiger partial charge in [0.05, 0.1) is 18.8 Å². The zero-order valence-electron chi connectivity index (χ0n) is 10.8. The first-order chi connectivity index (χ1) is 9.67. The van der Waals surface area contributed by atoms with Crippen LogP contribution >= 0.6 is 15.9 Å². The molecular weight excluding hydrogens is 325 g/mol. The average molecular weight is 338 g/mol. The summed E-state index contributed by atoms with van der Waals surface area (Å²) in [5.74, 6) is 0.680. The van der Waals surface area contributed by atoms with Gasteiger partial charge in [0.1, 0.15) is 12.4 Å². The van der Waals surface area contributed by atoms with Crippen LogP contribution in [0.5, 0.6) is 11.5 Å². The van der Waals surface area contributed by atoms with E-state index in [0.29, 0.717) is 6.61 Å². The third-order valence-corrected chi connectivity index (χ3v) is 3.75. The van der Waals surface area contributed by atoms with E-state index in [1.807, 2.05) is 24.3 Å². The van der Waals surface area contributed by atoms with Gasteiger partial charge >= 0.3 is 0 Å². The van der Waals surface area contributed by atoms with Crippen LogP contribution < -0.4 is 14.8 Å². The Morgan fingerprint density at radius 1 is 1.30 bits per heavy atom. The lowest BCUT2D eigenvalue weighted by Gasteiger charge is -2.28. The number of methoxy groups -OCH3 is 1. The maximum absolute atomic E-state index is 13.8. The highest BCUT2D eigenvalue weighted by molar-refractivity contribution is 9.10. The van der Waals surface area contributed by atoms with Crippen molar-refractivity contribution in [2.75, 3.05) is 19.0 Å². The molecule has 1 unspecified atom stereocenters. The van der Waals surface area contributed by atoms with Gasteiger partial charge in [-0.05, 0) is 35.9 Å². The van der Waals surface area contributed by atoms with Crippen molar-refractivity contribution in [2.24, 2.45) is 0 Å². The second-order valence-corrected chi connectivity index (χ2v) is 5.46. The Hall–Kier alpha value is -1.75. The summed E-state index contributed by atoms with van der Waals surface area (Å²) in [5, 5.41) is 3.36. The maximum Gasteiger partial charge on any atom is 0.165 e. The molecule has 3 nitrogen and oxygen atoms in total. The standard InChI is InChI=1S/C15H13BrFNO2/c1-19-14-4-2-9(6-11(14)17)13-8-20-15-5-3-10(16)7-12(15)18-13/h2-7,13,18H,8H2,1H3. The van der Waals surface area contributed by atoms with Gasteiger partial charge in [-0.1, -0.05) is 22.0 Å². The molecule has 5 heteroatoms. The van der Waals surface area contributed by atoms with Gasteiger partial charge in [0.15, 0.2) is 11.6 Å². The molecule has 0 saturated heterocycles. The second-order valence-electron chi connectivity index (χ2n) is 4.54. The van der Waals surface area contributed by atoms with E-state index < -0.39 is 0 Å². The Balaban J connectivity index is 1.88. The molecule has 1 N–H and O–H groups in total. The molecule has 0 aromatic heterocycles. The molecule has 2 aromatic carbocycles. The third-order valence-electron chi connectivity index (χ3n) is 3.26. The molecule has 20 heavy (non-hydrogen) atoms. The summed E-state index contributed by atoms with van der Waals surface area (Å²) in [6.07, 6.45) is 0. The minimum Gasteiger partial charge on any atom is -0.494 e. The minimum absolute atomic E-state index is 0.0859. The van der Waals surface area contributed by atoms with E-state index in [9.17, 15) is 4.39 Å². The number of anilines is 1. The summed E-state index contributed by atoms with van der Waals surface area (Å²) in [6.45, 7) is 0.459. The van der Waals surface area contributed by atoms with Crippen molar-refractivity contribution in [3.8, 4) is 11.5 Å². The molecule has 1 heterocycles. The Kier molecular flexibility index (Phi) is 3.53. The molecule has 0 bridgehead atoms. The number of hydrogen-bond acceptors (Lipinski definition) is 3. The number of benzene rings is 2. The zero-order valence-corrected chi connectivity index (χ0v) is 12.4. The molecule has 0 saturated carbocycles. The number of rotatable bonds is 2. The zero-order chi connectivity index (χ0) is 14.1. The Bertz CT molecular complexity index is 648. The van der Waals surface area contributed by atoms with Crippen molar-refractivity contribution in [3.63, 3.8) is 0 Å². The lowest BCUT2D eigenvalue weighted by molar-refractivity contribution is 0.286. The number of nitrogens with one attached hydrogen (secondary N) is 1. The summed E-state index contributed by atoms with van der Waals surface area (Å²) in [4.78, 5) is 0. The lowest BCUT2D eigenvalue weighted by atomic mass is 10.1. The van der Waals surface area contributed by atoms with Gasteiger partial charge in [-0.25, -0.2) is 4.39 Å². The minimum atomic E-state index is -0.369. The smallest absolute Gasteiger partial charge is 0.165 e. The van der Waals surface area contributed by atoms with Gasteiger partial charge in [0.25, 0.3) is 0 Å². The van der Waals surface area contributed by atoms with E-state index in [2.05, 4.69) is 21.2 Å². The van der Waals surface area contributed by atoms with Crippen LogP contribution in [-0.4, -0.2) is 13.7 Å². The van der Waals surface area contributed by atoms with Crippen LogP contribution in [0.4, 0.5) is 10.1 Å². The fourth-order valence-electron chi connectivity index (χ4n) is 2.22. The van der Waals surface area contributed by atoms with Crippen LogP contribution in [0, 0.1) is 5.82 Å². The number of ether oxygens (including phenoxy) is 2. The van der Waals surface area contributed by atoms with E-state index in [1.165, 1.54) is 13.2 Å². The normalized spacial score (nSPS) is 16.9. The summed E-state index contributed by atoms with van der Waals surface area (Å²) in [7, 11) is 1.45. The van der Waals surface area contributed by atoms with Crippen molar-refractivity contribution < 1.29 is 13.9 Å². The van der Waals surface area contributed by atoms with Crippen molar-refractivity contribution in [3.05, 3.63) is 52.3 Å². The van der Waals surface area contributed by atoms with Gasteiger partial charge in [-0.15, -0.1) is 0 Å². The van der Waals surface area contributed by atoms with E-state index in [-0.39, 0.29) is 17.6 Å². The van der Waals surface area contributed by atoms with E-state index >= 15 is 0 Å². The fourth-order valence-corrected chi connectivity index (χ4v) is 2.58. The molecule has 0 aliphatic carbocycles. The molecule has 2 aromatic rings. The van der Waals surface area contributed by atoms with Crippen molar-refractivity contribution in [1.29, 1.82) is 0 Å². The molecule has 0 fully saturated rings. The monoisotopic (exact) mass is 337 g/mol. The SMILES string of the molecule is COc1ccc(C2COc3ccc(Br)cc3N2)cc1F. The fraction of sp³-hybridized carbons (Fsp3) is 0.200. The molecule has 0 amide bonds. The van der Waals surface area contributed by atoms with Crippen LogP contribution in [-0.2, 0) is 0 Å². The molecule has 1 atom stereocenters. The number of fused-ring (bicyclic) bond motifs is 1. The molecule has 0 spiro atoms. The van der Waals surface area contributed by atoms with Crippen molar-refractivity contribution >= 4 is 21.6 Å².